The monoisotopic (exact) mass is 318 g/mol. The minimum atomic E-state index is -2.63. The molecular formula is C7H6ClF2IN2. The van der Waals surface area contributed by atoms with E-state index in [-0.39, 0.29) is 17.4 Å². The lowest BCUT2D eigenvalue weighted by Gasteiger charge is -2.08. The Morgan fingerprint density at radius 1 is 1.62 bits per heavy atom. The summed E-state index contributed by atoms with van der Waals surface area (Å²) in [5.74, 6) is 0. The molecular weight excluding hydrogens is 312 g/mol. The van der Waals surface area contributed by atoms with Crippen molar-refractivity contribution in [3.8, 4) is 0 Å². The third-order valence-electron chi connectivity index (χ3n) is 1.48. The first-order valence-electron chi connectivity index (χ1n) is 3.39. The van der Waals surface area contributed by atoms with Crippen molar-refractivity contribution in [2.75, 3.05) is 0 Å². The minimum Gasteiger partial charge on any atom is -0.326 e. The molecule has 0 radical (unpaired) electrons. The molecule has 1 rings (SSSR count). The lowest BCUT2D eigenvalue weighted by molar-refractivity contribution is 0.144. The third kappa shape index (κ3) is 2.47. The highest BCUT2D eigenvalue weighted by atomic mass is 127. The average Bonchev–Trinajstić information content (AvgIpc) is 2.02. The molecule has 1 aromatic heterocycles. The quantitative estimate of drug-likeness (QED) is 0.673. The first kappa shape index (κ1) is 11.1. The zero-order valence-corrected chi connectivity index (χ0v) is 9.31. The van der Waals surface area contributed by atoms with Gasteiger partial charge in [0.05, 0.1) is 0 Å². The van der Waals surface area contributed by atoms with E-state index >= 15 is 0 Å². The van der Waals surface area contributed by atoms with Gasteiger partial charge in [-0.3, -0.25) is 0 Å². The Kier molecular flexibility index (Phi) is 3.81. The Labute approximate surface area is 92.6 Å². The predicted molar refractivity (Wildman–Crippen MR) is 54.8 cm³/mol. The fourth-order valence-electron chi connectivity index (χ4n) is 0.911. The molecule has 72 valence electrons. The number of pyridine rings is 1. The van der Waals surface area contributed by atoms with Gasteiger partial charge in [0.2, 0.25) is 0 Å². The van der Waals surface area contributed by atoms with E-state index in [0.717, 1.165) is 0 Å². The summed E-state index contributed by atoms with van der Waals surface area (Å²) < 4.78 is 25.4. The fourth-order valence-corrected chi connectivity index (χ4v) is 2.09. The van der Waals surface area contributed by atoms with Crippen molar-refractivity contribution in [1.82, 2.24) is 4.98 Å². The van der Waals surface area contributed by atoms with E-state index in [1.165, 1.54) is 6.07 Å². The molecule has 0 amide bonds. The molecule has 1 heterocycles. The van der Waals surface area contributed by atoms with Crippen LogP contribution < -0.4 is 5.73 Å². The number of halogens is 4. The zero-order valence-electron chi connectivity index (χ0n) is 6.40. The van der Waals surface area contributed by atoms with Crippen LogP contribution in [-0.2, 0) is 6.54 Å². The van der Waals surface area contributed by atoms with Gasteiger partial charge in [-0.1, -0.05) is 11.6 Å². The summed E-state index contributed by atoms with van der Waals surface area (Å²) >= 11 is 7.44. The first-order valence-corrected chi connectivity index (χ1v) is 4.85. The molecule has 0 atom stereocenters. The number of alkyl halides is 2. The van der Waals surface area contributed by atoms with Gasteiger partial charge in [0.25, 0.3) is 6.43 Å². The summed E-state index contributed by atoms with van der Waals surface area (Å²) in [5.41, 5.74) is 5.36. The molecule has 6 heteroatoms. The second-order valence-electron chi connectivity index (χ2n) is 2.30. The summed E-state index contributed by atoms with van der Waals surface area (Å²) in [6.07, 6.45) is -2.63. The summed E-state index contributed by atoms with van der Waals surface area (Å²) in [4.78, 5) is 3.53. The Bertz CT molecular complexity index is 320. The van der Waals surface area contributed by atoms with Crippen molar-refractivity contribution in [2.45, 2.75) is 13.0 Å². The molecule has 0 unspecified atom stereocenters. The number of rotatable bonds is 2. The average molecular weight is 318 g/mol. The maximum Gasteiger partial charge on any atom is 0.280 e. The van der Waals surface area contributed by atoms with Gasteiger partial charge in [0.15, 0.2) is 0 Å². The van der Waals surface area contributed by atoms with Crippen molar-refractivity contribution in [3.63, 3.8) is 0 Å². The largest absolute Gasteiger partial charge is 0.326 e. The minimum absolute atomic E-state index is 0.0438. The molecule has 1 aromatic rings. The third-order valence-corrected chi connectivity index (χ3v) is 2.64. The van der Waals surface area contributed by atoms with Crippen LogP contribution in [0.25, 0.3) is 0 Å². The maximum absolute atomic E-state index is 12.4. The van der Waals surface area contributed by atoms with Gasteiger partial charge in [-0.15, -0.1) is 0 Å². The molecule has 0 aromatic carbocycles. The van der Waals surface area contributed by atoms with Gasteiger partial charge in [0.1, 0.15) is 10.8 Å². The molecule has 0 aliphatic heterocycles. The Morgan fingerprint density at radius 2 is 2.23 bits per heavy atom. The number of nitrogens with two attached hydrogens (primary N) is 1. The molecule has 2 N–H and O–H groups in total. The van der Waals surface area contributed by atoms with Gasteiger partial charge in [-0.2, -0.15) is 0 Å². The van der Waals surface area contributed by atoms with Crippen LogP contribution in [0, 0.1) is 3.57 Å². The highest BCUT2D eigenvalue weighted by molar-refractivity contribution is 14.1. The molecule has 13 heavy (non-hydrogen) atoms. The van der Waals surface area contributed by atoms with Crippen LogP contribution in [0.4, 0.5) is 8.78 Å². The fraction of sp³-hybridized carbons (Fsp3) is 0.286. The van der Waals surface area contributed by atoms with Gasteiger partial charge in [-0.25, -0.2) is 13.8 Å². The summed E-state index contributed by atoms with van der Waals surface area (Å²) in [5, 5.41) is 0.0666. The Hall–Kier alpha value is -0.0100. The number of hydrogen-bond acceptors (Lipinski definition) is 2. The maximum atomic E-state index is 12.4. The van der Waals surface area contributed by atoms with Gasteiger partial charge in [0, 0.05) is 15.7 Å². The SMILES string of the molecule is NCc1c(I)cc(Cl)nc1C(F)F. The standard InChI is InChI=1S/C7H6ClF2IN2/c8-5-1-4(11)3(2-12)6(13-5)7(9)10/h1,7H,2,12H2. The van der Waals surface area contributed by atoms with E-state index in [1.54, 1.807) is 0 Å². The normalized spacial score (nSPS) is 10.9. The molecule has 0 aliphatic carbocycles. The topological polar surface area (TPSA) is 38.9 Å². The van der Waals surface area contributed by atoms with Gasteiger partial charge >= 0.3 is 0 Å². The summed E-state index contributed by atoms with van der Waals surface area (Å²) in [7, 11) is 0. The van der Waals surface area contributed by atoms with Crippen LogP contribution in [0.2, 0.25) is 5.15 Å². The van der Waals surface area contributed by atoms with Crippen LogP contribution in [-0.4, -0.2) is 4.98 Å². The summed E-state index contributed by atoms with van der Waals surface area (Å²) in [6, 6.07) is 1.51. The molecule has 0 saturated heterocycles. The first-order chi connectivity index (χ1) is 6.06. The molecule has 0 spiro atoms. The van der Waals surface area contributed by atoms with Gasteiger partial charge in [-0.05, 0) is 28.7 Å². The van der Waals surface area contributed by atoms with Gasteiger partial charge < -0.3 is 5.73 Å². The molecule has 0 aliphatic rings. The van der Waals surface area contributed by atoms with Crippen molar-refractivity contribution < 1.29 is 8.78 Å². The van der Waals surface area contributed by atoms with Crippen molar-refractivity contribution in [3.05, 3.63) is 26.0 Å². The second-order valence-corrected chi connectivity index (χ2v) is 3.84. The van der Waals surface area contributed by atoms with Crippen LogP contribution in [0.15, 0.2) is 6.07 Å². The lowest BCUT2D eigenvalue weighted by atomic mass is 10.2. The van der Waals surface area contributed by atoms with E-state index in [1.807, 2.05) is 22.6 Å². The van der Waals surface area contributed by atoms with E-state index in [2.05, 4.69) is 4.98 Å². The number of nitrogens with zero attached hydrogens (tertiary/aromatic N) is 1. The predicted octanol–water partition coefficient (Wildman–Crippen LogP) is 2.74. The molecule has 0 saturated carbocycles. The second kappa shape index (κ2) is 4.47. The highest BCUT2D eigenvalue weighted by Gasteiger charge is 2.17. The molecule has 2 nitrogen and oxygen atoms in total. The zero-order chi connectivity index (χ0) is 10.0. The highest BCUT2D eigenvalue weighted by Crippen LogP contribution is 2.26. The Morgan fingerprint density at radius 3 is 2.69 bits per heavy atom. The van der Waals surface area contributed by atoms with Crippen LogP contribution in [0.3, 0.4) is 0 Å². The van der Waals surface area contributed by atoms with E-state index in [0.29, 0.717) is 9.13 Å². The Balaban J connectivity index is 3.29. The van der Waals surface area contributed by atoms with Crippen molar-refractivity contribution in [2.24, 2.45) is 5.73 Å². The van der Waals surface area contributed by atoms with Crippen LogP contribution in [0.5, 0.6) is 0 Å². The molecule has 0 fully saturated rings. The van der Waals surface area contributed by atoms with E-state index < -0.39 is 6.43 Å². The van der Waals surface area contributed by atoms with Crippen molar-refractivity contribution >= 4 is 34.2 Å². The molecule has 0 bridgehead atoms. The van der Waals surface area contributed by atoms with Crippen LogP contribution in [0.1, 0.15) is 17.7 Å². The number of aromatic nitrogens is 1. The van der Waals surface area contributed by atoms with Crippen molar-refractivity contribution in [1.29, 1.82) is 0 Å². The number of hydrogen-bond donors (Lipinski definition) is 1. The van der Waals surface area contributed by atoms with Crippen LogP contribution >= 0.6 is 34.2 Å². The smallest absolute Gasteiger partial charge is 0.280 e. The van der Waals surface area contributed by atoms with E-state index in [4.69, 9.17) is 17.3 Å². The lowest BCUT2D eigenvalue weighted by Crippen LogP contribution is -2.07. The van der Waals surface area contributed by atoms with E-state index in [9.17, 15) is 8.78 Å². The summed E-state index contributed by atoms with van der Waals surface area (Å²) in [6.45, 7) is 0.0438.